The molecule has 0 bridgehead atoms. The number of hydrogen-bond acceptors (Lipinski definition) is 7. The maximum absolute atomic E-state index is 12.3. The Hall–Kier alpha value is -2.87. The quantitative estimate of drug-likeness (QED) is 0.600. The van der Waals surface area contributed by atoms with Gasteiger partial charge in [0.1, 0.15) is 11.9 Å². The van der Waals surface area contributed by atoms with Gasteiger partial charge >= 0.3 is 0 Å². The number of nitrogens with zero attached hydrogens (tertiary/aromatic N) is 2. The van der Waals surface area contributed by atoms with E-state index in [9.17, 15) is 20.1 Å². The van der Waals surface area contributed by atoms with Crippen LogP contribution in [0.3, 0.4) is 0 Å². The molecular formula is C17H21N3O5. The van der Waals surface area contributed by atoms with Gasteiger partial charge in [0.05, 0.1) is 7.11 Å². The summed E-state index contributed by atoms with van der Waals surface area (Å²) in [5.74, 6) is -1.62. The van der Waals surface area contributed by atoms with Crippen LogP contribution in [0.15, 0.2) is 24.3 Å². The normalized spacial score (nSPS) is 11.8. The number of amides is 1. The van der Waals surface area contributed by atoms with Crippen molar-refractivity contribution < 1.29 is 24.9 Å². The zero-order chi connectivity index (χ0) is 18.4. The van der Waals surface area contributed by atoms with Crippen molar-refractivity contribution in [2.45, 2.75) is 32.4 Å². The molecule has 0 aliphatic rings. The second-order valence-corrected chi connectivity index (χ2v) is 5.44. The van der Waals surface area contributed by atoms with Crippen LogP contribution in [0.1, 0.15) is 47.7 Å². The Morgan fingerprint density at radius 1 is 1.32 bits per heavy atom. The molecule has 1 aromatic carbocycles. The van der Waals surface area contributed by atoms with Crippen molar-refractivity contribution in [2.75, 3.05) is 7.11 Å². The smallest absolute Gasteiger partial charge is 0.274 e. The molecule has 2 aromatic rings. The number of benzene rings is 1. The Kier molecular flexibility index (Phi) is 6.13. The summed E-state index contributed by atoms with van der Waals surface area (Å²) in [7, 11) is 1.54. The maximum Gasteiger partial charge on any atom is 0.274 e. The van der Waals surface area contributed by atoms with E-state index >= 15 is 0 Å². The topological polar surface area (TPSA) is 125 Å². The molecule has 8 heteroatoms. The van der Waals surface area contributed by atoms with E-state index in [4.69, 9.17) is 4.74 Å². The monoisotopic (exact) mass is 347 g/mol. The number of carbonyl (C=O) groups excluding carboxylic acids is 1. The molecule has 1 aromatic heterocycles. The number of aliphatic hydroxyl groups is 1. The number of hydrogen-bond donors (Lipinski definition) is 4. The molecule has 0 aliphatic carbocycles. The Labute approximate surface area is 145 Å². The van der Waals surface area contributed by atoms with Crippen molar-refractivity contribution in [1.29, 1.82) is 0 Å². The Morgan fingerprint density at radius 2 is 2.08 bits per heavy atom. The summed E-state index contributed by atoms with van der Waals surface area (Å²) in [4.78, 5) is 19.8. The van der Waals surface area contributed by atoms with E-state index in [1.807, 2.05) is 6.92 Å². The van der Waals surface area contributed by atoms with Crippen LogP contribution in [0.5, 0.6) is 17.4 Å². The lowest BCUT2D eigenvalue weighted by Gasteiger charge is -2.12. The molecule has 134 valence electrons. The lowest BCUT2D eigenvalue weighted by atomic mass is 10.2. The fraction of sp³-hybridized carbons (Fsp3) is 0.353. The summed E-state index contributed by atoms with van der Waals surface area (Å²) in [6.07, 6.45) is 0.0138. The molecule has 0 radical (unpaired) electrons. The van der Waals surface area contributed by atoms with Gasteiger partial charge in [0, 0.05) is 6.54 Å². The number of ether oxygens (including phenoxy) is 1. The van der Waals surface area contributed by atoms with E-state index in [-0.39, 0.29) is 18.1 Å². The highest BCUT2D eigenvalue weighted by Crippen LogP contribution is 2.28. The summed E-state index contributed by atoms with van der Waals surface area (Å²) in [6, 6.07) is 7.12. The molecule has 1 heterocycles. The van der Waals surface area contributed by atoms with Crippen LogP contribution >= 0.6 is 0 Å². The minimum atomic E-state index is -1.03. The van der Waals surface area contributed by atoms with Crippen molar-refractivity contribution in [3.8, 4) is 17.4 Å². The third-order valence-corrected chi connectivity index (χ3v) is 3.55. The molecule has 1 unspecified atom stereocenters. The first-order valence-corrected chi connectivity index (χ1v) is 7.85. The molecule has 8 nitrogen and oxygen atoms in total. The number of aliphatic hydroxyl groups excluding tert-OH is 1. The fourth-order valence-corrected chi connectivity index (χ4v) is 2.22. The van der Waals surface area contributed by atoms with Crippen LogP contribution < -0.4 is 10.1 Å². The van der Waals surface area contributed by atoms with Gasteiger partial charge < -0.3 is 25.4 Å². The highest BCUT2D eigenvalue weighted by molar-refractivity contribution is 5.95. The largest absolute Gasteiger partial charge is 0.501 e. The summed E-state index contributed by atoms with van der Waals surface area (Å²) in [5.41, 5.74) is 0.400. The van der Waals surface area contributed by atoms with Gasteiger partial charge in [-0.3, -0.25) is 4.79 Å². The lowest BCUT2D eigenvalue weighted by Crippen LogP contribution is -2.25. The maximum atomic E-state index is 12.3. The second-order valence-electron chi connectivity index (χ2n) is 5.44. The summed E-state index contributed by atoms with van der Waals surface area (Å²) >= 11 is 0. The third-order valence-electron chi connectivity index (χ3n) is 3.55. The molecular weight excluding hydrogens is 326 g/mol. The number of carbonyl (C=O) groups is 1. The highest BCUT2D eigenvalue weighted by Gasteiger charge is 2.22. The van der Waals surface area contributed by atoms with Gasteiger partial charge in [-0.25, -0.2) is 4.98 Å². The standard InChI is InChI=1S/C17H21N3O5/c1-3-5-12(21)15-19-13(14(22)17(24)20-15)16(23)18-9-10-6-4-7-11(8-10)25-2/h4,6-8,12,21-22H,3,5,9H2,1-2H3,(H,18,23)(H,19,20,24). The first-order valence-electron chi connectivity index (χ1n) is 7.85. The van der Waals surface area contributed by atoms with Crippen LogP contribution in [0, 0.1) is 0 Å². The van der Waals surface area contributed by atoms with Gasteiger partial charge in [0.15, 0.2) is 11.5 Å². The van der Waals surface area contributed by atoms with Crippen LogP contribution in [0.25, 0.3) is 0 Å². The molecule has 0 saturated carbocycles. The Bertz CT molecular complexity index is 751. The fourth-order valence-electron chi connectivity index (χ4n) is 2.22. The molecule has 0 fully saturated rings. The van der Waals surface area contributed by atoms with Crippen molar-refractivity contribution >= 4 is 5.91 Å². The van der Waals surface area contributed by atoms with Crippen LogP contribution in [0.4, 0.5) is 0 Å². The minimum Gasteiger partial charge on any atom is -0.501 e. The van der Waals surface area contributed by atoms with E-state index in [0.717, 1.165) is 5.56 Å². The second kappa shape index (κ2) is 8.29. The van der Waals surface area contributed by atoms with Gasteiger partial charge in [0.25, 0.3) is 11.8 Å². The first-order chi connectivity index (χ1) is 12.0. The lowest BCUT2D eigenvalue weighted by molar-refractivity contribution is 0.0939. The number of aromatic hydroxyl groups is 2. The zero-order valence-corrected chi connectivity index (χ0v) is 14.1. The molecule has 0 aliphatic heterocycles. The molecule has 1 atom stereocenters. The van der Waals surface area contributed by atoms with Crippen molar-refractivity contribution in [3.05, 3.63) is 41.3 Å². The van der Waals surface area contributed by atoms with Crippen LogP contribution in [-0.2, 0) is 6.54 Å². The predicted molar refractivity (Wildman–Crippen MR) is 89.4 cm³/mol. The molecule has 2 rings (SSSR count). The van der Waals surface area contributed by atoms with Gasteiger partial charge in [-0.15, -0.1) is 0 Å². The predicted octanol–water partition coefficient (Wildman–Crippen LogP) is 1.66. The SMILES string of the molecule is CCCC(O)c1nc(O)c(O)c(C(=O)NCc2cccc(OC)c2)n1. The molecule has 0 saturated heterocycles. The average molecular weight is 347 g/mol. The highest BCUT2D eigenvalue weighted by atomic mass is 16.5. The molecule has 0 spiro atoms. The zero-order valence-electron chi connectivity index (χ0n) is 14.1. The van der Waals surface area contributed by atoms with E-state index in [1.54, 1.807) is 31.4 Å². The Balaban J connectivity index is 2.17. The number of nitrogens with one attached hydrogen (secondary N) is 1. The van der Waals surface area contributed by atoms with Gasteiger partial charge in [-0.05, 0) is 24.1 Å². The van der Waals surface area contributed by atoms with Gasteiger partial charge in [-0.2, -0.15) is 4.98 Å². The van der Waals surface area contributed by atoms with E-state index in [1.165, 1.54) is 0 Å². The molecule has 1 amide bonds. The molecule has 4 N–H and O–H groups in total. The first kappa shape index (κ1) is 18.5. The summed E-state index contributed by atoms with van der Waals surface area (Å²) in [5, 5.41) is 32.1. The van der Waals surface area contributed by atoms with Crippen molar-refractivity contribution in [1.82, 2.24) is 15.3 Å². The number of rotatable bonds is 7. The Morgan fingerprint density at radius 3 is 2.76 bits per heavy atom. The van der Waals surface area contributed by atoms with Crippen molar-refractivity contribution in [3.63, 3.8) is 0 Å². The van der Waals surface area contributed by atoms with E-state index in [0.29, 0.717) is 18.6 Å². The minimum absolute atomic E-state index is 0.108. The van der Waals surface area contributed by atoms with Gasteiger partial charge in [0.2, 0.25) is 5.75 Å². The van der Waals surface area contributed by atoms with E-state index in [2.05, 4.69) is 15.3 Å². The summed E-state index contributed by atoms with van der Waals surface area (Å²) in [6.45, 7) is 2.04. The van der Waals surface area contributed by atoms with Crippen LogP contribution in [-0.4, -0.2) is 38.3 Å². The third kappa shape index (κ3) is 4.57. The van der Waals surface area contributed by atoms with E-state index < -0.39 is 23.6 Å². The van der Waals surface area contributed by atoms with Crippen LogP contribution in [0.2, 0.25) is 0 Å². The average Bonchev–Trinajstić information content (AvgIpc) is 2.62. The van der Waals surface area contributed by atoms with Crippen molar-refractivity contribution in [2.24, 2.45) is 0 Å². The number of methoxy groups -OCH3 is 1. The number of aromatic nitrogens is 2. The van der Waals surface area contributed by atoms with Gasteiger partial charge in [-0.1, -0.05) is 25.5 Å². The molecule has 25 heavy (non-hydrogen) atoms. The summed E-state index contributed by atoms with van der Waals surface area (Å²) < 4.78 is 5.11.